The fraction of sp³-hybridized carbons (Fsp3) is 0.636. The summed E-state index contributed by atoms with van der Waals surface area (Å²) in [5, 5.41) is 0. The molecule has 0 radical (unpaired) electrons. The van der Waals surface area contributed by atoms with Crippen LogP contribution in [0.4, 0.5) is 4.39 Å². The Labute approximate surface area is 74.2 Å². The first-order chi connectivity index (χ1) is 5.83. The molecule has 0 heterocycles. The Morgan fingerprint density at radius 3 is 2.75 bits per heavy atom. The molecule has 1 fully saturated rings. The minimum atomic E-state index is -0.556. The molecular formula is C11H17F. The lowest BCUT2D eigenvalue weighted by Gasteiger charge is -2.21. The van der Waals surface area contributed by atoms with Crippen molar-refractivity contribution in [2.75, 3.05) is 0 Å². The quantitative estimate of drug-likeness (QED) is 0.552. The molecule has 0 aromatic heterocycles. The van der Waals surface area contributed by atoms with Gasteiger partial charge in [0, 0.05) is 0 Å². The number of allylic oxidation sites excluding steroid dienone is 4. The predicted octanol–water partition coefficient (Wildman–Crippen LogP) is 3.65. The fourth-order valence-electron chi connectivity index (χ4n) is 1.67. The monoisotopic (exact) mass is 168 g/mol. The van der Waals surface area contributed by atoms with Crippen LogP contribution in [0.1, 0.15) is 32.6 Å². The Morgan fingerprint density at radius 2 is 2.08 bits per heavy atom. The van der Waals surface area contributed by atoms with Gasteiger partial charge in [0.2, 0.25) is 0 Å². The average molecular weight is 168 g/mol. The molecule has 0 aromatic carbocycles. The van der Waals surface area contributed by atoms with Crippen LogP contribution in [0.5, 0.6) is 0 Å². The van der Waals surface area contributed by atoms with Gasteiger partial charge in [-0.15, -0.1) is 0 Å². The summed E-state index contributed by atoms with van der Waals surface area (Å²) in [6.45, 7) is 1.99. The largest absolute Gasteiger partial charge is 0.247 e. The second kappa shape index (κ2) is 5.13. The summed E-state index contributed by atoms with van der Waals surface area (Å²) >= 11 is 0. The zero-order chi connectivity index (χ0) is 8.81. The molecule has 0 unspecified atom stereocenters. The minimum absolute atomic E-state index is 0.477. The summed E-state index contributed by atoms with van der Waals surface area (Å²) in [4.78, 5) is 0. The van der Waals surface area contributed by atoms with Gasteiger partial charge >= 0.3 is 0 Å². The van der Waals surface area contributed by atoms with Gasteiger partial charge in [-0.1, -0.05) is 24.3 Å². The Balaban J connectivity index is 2.31. The highest BCUT2D eigenvalue weighted by Gasteiger charge is 2.18. The van der Waals surface area contributed by atoms with Gasteiger partial charge in [0.15, 0.2) is 0 Å². The molecule has 0 aliphatic heterocycles. The van der Waals surface area contributed by atoms with E-state index in [1.54, 1.807) is 0 Å². The van der Waals surface area contributed by atoms with Crippen LogP contribution in [-0.2, 0) is 0 Å². The van der Waals surface area contributed by atoms with Gasteiger partial charge in [0.1, 0.15) is 6.17 Å². The van der Waals surface area contributed by atoms with Gasteiger partial charge in [-0.2, -0.15) is 0 Å². The van der Waals surface area contributed by atoms with E-state index in [1.165, 1.54) is 0 Å². The molecular weight excluding hydrogens is 151 g/mol. The zero-order valence-electron chi connectivity index (χ0n) is 7.67. The van der Waals surface area contributed by atoms with Crippen LogP contribution in [0.15, 0.2) is 24.3 Å². The molecule has 12 heavy (non-hydrogen) atoms. The van der Waals surface area contributed by atoms with Gasteiger partial charge in [0.05, 0.1) is 0 Å². The molecule has 1 heteroatoms. The lowest BCUT2D eigenvalue weighted by molar-refractivity contribution is 0.221. The molecule has 2 atom stereocenters. The SMILES string of the molecule is C/C=C/C=C/[C@@H]1CCC[C@H](F)C1. The van der Waals surface area contributed by atoms with Crippen molar-refractivity contribution in [3.63, 3.8) is 0 Å². The van der Waals surface area contributed by atoms with E-state index in [9.17, 15) is 4.39 Å². The number of rotatable bonds is 2. The second-order valence-electron chi connectivity index (χ2n) is 3.43. The lowest BCUT2D eigenvalue weighted by atomic mass is 9.88. The van der Waals surface area contributed by atoms with Gasteiger partial charge in [-0.3, -0.25) is 0 Å². The first kappa shape index (κ1) is 9.50. The van der Waals surface area contributed by atoms with E-state index >= 15 is 0 Å². The molecule has 0 N–H and O–H groups in total. The third-order valence-corrected chi connectivity index (χ3v) is 2.34. The zero-order valence-corrected chi connectivity index (χ0v) is 7.67. The third kappa shape index (κ3) is 3.21. The van der Waals surface area contributed by atoms with Crippen LogP contribution < -0.4 is 0 Å². The third-order valence-electron chi connectivity index (χ3n) is 2.34. The molecule has 0 amide bonds. The molecule has 1 aliphatic carbocycles. The second-order valence-corrected chi connectivity index (χ2v) is 3.43. The van der Waals surface area contributed by atoms with E-state index in [4.69, 9.17) is 0 Å². The Morgan fingerprint density at radius 1 is 1.25 bits per heavy atom. The summed E-state index contributed by atoms with van der Waals surface area (Å²) in [5.74, 6) is 0.477. The van der Waals surface area contributed by atoms with Crippen molar-refractivity contribution < 1.29 is 4.39 Å². The van der Waals surface area contributed by atoms with Crippen molar-refractivity contribution in [2.24, 2.45) is 5.92 Å². The van der Waals surface area contributed by atoms with Gasteiger partial charge in [-0.05, 0) is 38.5 Å². The smallest absolute Gasteiger partial charge is 0.101 e. The summed E-state index contributed by atoms with van der Waals surface area (Å²) < 4.78 is 12.9. The van der Waals surface area contributed by atoms with E-state index in [-0.39, 0.29) is 0 Å². The predicted molar refractivity (Wildman–Crippen MR) is 50.8 cm³/mol. The van der Waals surface area contributed by atoms with Crippen LogP contribution in [-0.4, -0.2) is 6.17 Å². The van der Waals surface area contributed by atoms with Crippen LogP contribution in [0.25, 0.3) is 0 Å². The number of hydrogen-bond acceptors (Lipinski definition) is 0. The number of hydrogen-bond donors (Lipinski definition) is 0. The van der Waals surface area contributed by atoms with Crippen molar-refractivity contribution in [3.05, 3.63) is 24.3 Å². The minimum Gasteiger partial charge on any atom is -0.247 e. The molecule has 0 nitrogen and oxygen atoms in total. The molecule has 0 saturated heterocycles. The van der Waals surface area contributed by atoms with Crippen molar-refractivity contribution in [1.29, 1.82) is 0 Å². The van der Waals surface area contributed by atoms with Crippen molar-refractivity contribution in [3.8, 4) is 0 Å². The Kier molecular flexibility index (Phi) is 4.06. The normalized spacial score (nSPS) is 31.8. The van der Waals surface area contributed by atoms with Crippen molar-refractivity contribution in [2.45, 2.75) is 38.8 Å². The number of alkyl halides is 1. The summed E-state index contributed by atoms with van der Waals surface area (Å²) in [5.41, 5.74) is 0. The highest BCUT2D eigenvalue weighted by Crippen LogP contribution is 2.27. The van der Waals surface area contributed by atoms with E-state index in [0.29, 0.717) is 5.92 Å². The lowest BCUT2D eigenvalue weighted by Crippen LogP contribution is -2.14. The average Bonchev–Trinajstić information content (AvgIpc) is 2.05. The summed E-state index contributed by atoms with van der Waals surface area (Å²) in [6.07, 6.45) is 11.3. The van der Waals surface area contributed by atoms with E-state index in [0.717, 1.165) is 25.7 Å². The molecule has 68 valence electrons. The molecule has 1 saturated carbocycles. The first-order valence-corrected chi connectivity index (χ1v) is 4.76. The maximum atomic E-state index is 12.9. The van der Waals surface area contributed by atoms with Crippen LogP contribution >= 0.6 is 0 Å². The molecule has 0 spiro atoms. The highest BCUT2D eigenvalue weighted by molar-refractivity contribution is 5.04. The van der Waals surface area contributed by atoms with E-state index < -0.39 is 6.17 Å². The molecule has 1 rings (SSSR count). The van der Waals surface area contributed by atoms with Crippen molar-refractivity contribution >= 4 is 0 Å². The molecule has 1 aliphatic rings. The van der Waals surface area contributed by atoms with Crippen LogP contribution in [0.2, 0.25) is 0 Å². The molecule has 0 aromatic rings. The Bertz CT molecular complexity index is 170. The van der Waals surface area contributed by atoms with Crippen LogP contribution in [0.3, 0.4) is 0 Å². The summed E-state index contributed by atoms with van der Waals surface area (Å²) in [7, 11) is 0. The van der Waals surface area contributed by atoms with Crippen LogP contribution in [0, 0.1) is 5.92 Å². The fourth-order valence-corrected chi connectivity index (χ4v) is 1.67. The van der Waals surface area contributed by atoms with Crippen molar-refractivity contribution in [1.82, 2.24) is 0 Å². The van der Waals surface area contributed by atoms with Gasteiger partial charge < -0.3 is 0 Å². The number of halogens is 1. The Hall–Kier alpha value is -0.590. The van der Waals surface area contributed by atoms with Gasteiger partial charge in [0.25, 0.3) is 0 Å². The van der Waals surface area contributed by atoms with Gasteiger partial charge in [-0.25, -0.2) is 4.39 Å². The van der Waals surface area contributed by atoms with E-state index in [2.05, 4.69) is 6.08 Å². The topological polar surface area (TPSA) is 0 Å². The van der Waals surface area contributed by atoms with E-state index in [1.807, 2.05) is 25.2 Å². The maximum Gasteiger partial charge on any atom is 0.101 e. The highest BCUT2D eigenvalue weighted by atomic mass is 19.1. The standard InChI is InChI=1S/C11H17F/c1-2-3-4-6-10-7-5-8-11(12)9-10/h2-4,6,10-11H,5,7-9H2,1H3/b3-2+,6-4+/t10-,11+/m1/s1. The molecule has 0 bridgehead atoms. The summed E-state index contributed by atoms with van der Waals surface area (Å²) in [6, 6.07) is 0. The maximum absolute atomic E-state index is 12.9. The first-order valence-electron chi connectivity index (χ1n) is 4.76.